The summed E-state index contributed by atoms with van der Waals surface area (Å²) in [6, 6.07) is 32.8. The third kappa shape index (κ3) is 5.49. The van der Waals surface area contributed by atoms with Crippen LogP contribution in [0.15, 0.2) is 109 Å². The van der Waals surface area contributed by atoms with Crippen molar-refractivity contribution in [1.82, 2.24) is 14.5 Å². The number of methoxy groups -OCH3 is 1. The van der Waals surface area contributed by atoms with Gasteiger partial charge in [-0.3, -0.25) is 4.98 Å². The van der Waals surface area contributed by atoms with Gasteiger partial charge in [-0.2, -0.15) is 0 Å². The zero-order valence-corrected chi connectivity index (χ0v) is 25.1. The van der Waals surface area contributed by atoms with E-state index in [0.29, 0.717) is 24.8 Å². The first kappa shape index (κ1) is 28.6. The van der Waals surface area contributed by atoms with Gasteiger partial charge in [0, 0.05) is 11.8 Å². The zero-order chi connectivity index (χ0) is 30.8. The van der Waals surface area contributed by atoms with Crippen LogP contribution in [0.4, 0.5) is 4.39 Å². The number of benzene rings is 4. The molecule has 0 spiro atoms. The largest absolute Gasteiger partial charge is 0.493 e. The van der Waals surface area contributed by atoms with Gasteiger partial charge in [-0.05, 0) is 48.4 Å². The minimum atomic E-state index is -0.583. The molecular weight excluding hydrogens is 569 g/mol. The van der Waals surface area contributed by atoms with Crippen molar-refractivity contribution in [2.45, 2.75) is 25.7 Å². The maximum absolute atomic E-state index is 17.0. The summed E-state index contributed by atoms with van der Waals surface area (Å²) in [5.74, 6) is 0.362. The Kier molecular flexibility index (Phi) is 7.65. The Morgan fingerprint density at radius 2 is 1.49 bits per heavy atom. The molecule has 2 aromatic heterocycles. The van der Waals surface area contributed by atoms with Crippen LogP contribution in [0.5, 0.6) is 17.2 Å². The summed E-state index contributed by atoms with van der Waals surface area (Å²) in [4.78, 5) is 9.51. The summed E-state index contributed by atoms with van der Waals surface area (Å²) in [6.07, 6.45) is 1.77. The molecule has 7 nitrogen and oxygen atoms in total. The number of ether oxygens (including phenoxy) is 4. The van der Waals surface area contributed by atoms with E-state index in [2.05, 4.69) is 22.5 Å². The van der Waals surface area contributed by atoms with Crippen LogP contribution in [-0.4, -0.2) is 34.9 Å². The molecule has 0 aliphatic carbocycles. The van der Waals surface area contributed by atoms with E-state index in [-0.39, 0.29) is 30.3 Å². The summed E-state index contributed by atoms with van der Waals surface area (Å²) < 4.78 is 43.0. The molecule has 45 heavy (non-hydrogen) atoms. The number of pyridine rings is 1. The highest BCUT2D eigenvalue weighted by Crippen LogP contribution is 2.47. The summed E-state index contributed by atoms with van der Waals surface area (Å²) in [7, 11) is 1.54. The minimum absolute atomic E-state index is 0.0353. The Morgan fingerprint density at radius 1 is 0.822 bits per heavy atom. The van der Waals surface area contributed by atoms with Crippen molar-refractivity contribution in [2.24, 2.45) is 0 Å². The molecule has 0 radical (unpaired) electrons. The van der Waals surface area contributed by atoms with Crippen molar-refractivity contribution >= 4 is 11.0 Å². The van der Waals surface area contributed by atoms with Gasteiger partial charge in [0.1, 0.15) is 19.0 Å². The number of hydrogen-bond donors (Lipinski definition) is 0. The molecule has 0 atom stereocenters. The maximum Gasteiger partial charge on any atom is 0.207 e. The Bertz CT molecular complexity index is 1940. The Labute approximate surface area is 260 Å². The number of imidazole rings is 1. The molecule has 0 amide bonds. The molecule has 6 aromatic rings. The molecule has 1 aliphatic heterocycles. The van der Waals surface area contributed by atoms with Crippen LogP contribution in [0, 0.1) is 5.82 Å². The number of nitrogens with zero attached hydrogens (tertiary/aromatic N) is 3. The first-order chi connectivity index (χ1) is 22.0. The maximum atomic E-state index is 17.0. The first-order valence-electron chi connectivity index (χ1n) is 14.8. The van der Waals surface area contributed by atoms with E-state index >= 15 is 4.39 Å². The van der Waals surface area contributed by atoms with Gasteiger partial charge in [0.25, 0.3) is 0 Å². The van der Waals surface area contributed by atoms with E-state index in [4.69, 9.17) is 23.9 Å². The monoisotopic (exact) mass is 601 g/mol. The topological polar surface area (TPSA) is 67.6 Å². The van der Waals surface area contributed by atoms with Crippen molar-refractivity contribution in [3.8, 4) is 39.9 Å². The second-order valence-electron chi connectivity index (χ2n) is 11.3. The fourth-order valence-electron chi connectivity index (χ4n) is 5.66. The van der Waals surface area contributed by atoms with Crippen LogP contribution in [0.1, 0.15) is 18.1 Å². The van der Waals surface area contributed by atoms with E-state index in [0.717, 1.165) is 33.4 Å². The molecule has 1 aliphatic rings. The molecule has 7 rings (SSSR count). The van der Waals surface area contributed by atoms with Crippen molar-refractivity contribution < 1.29 is 23.3 Å². The van der Waals surface area contributed by atoms with Crippen LogP contribution < -0.4 is 14.2 Å². The van der Waals surface area contributed by atoms with Gasteiger partial charge in [-0.25, -0.2) is 9.37 Å². The normalized spacial score (nSPS) is 13.8. The fourth-order valence-corrected chi connectivity index (χ4v) is 5.66. The van der Waals surface area contributed by atoms with Gasteiger partial charge < -0.3 is 23.5 Å². The molecular formula is C37H32FN3O4. The molecule has 226 valence electrons. The molecule has 1 saturated heterocycles. The van der Waals surface area contributed by atoms with Gasteiger partial charge in [0.15, 0.2) is 11.6 Å². The first-order valence-corrected chi connectivity index (χ1v) is 14.8. The van der Waals surface area contributed by atoms with Crippen LogP contribution in [0.2, 0.25) is 0 Å². The molecule has 0 N–H and O–H groups in total. The third-order valence-electron chi connectivity index (χ3n) is 8.04. The fraction of sp³-hybridized carbons (Fsp3) is 0.189. The molecule has 1 fully saturated rings. The average molecular weight is 602 g/mol. The smallest absolute Gasteiger partial charge is 0.207 e. The Balaban J connectivity index is 1.39. The van der Waals surface area contributed by atoms with E-state index < -0.39 is 11.4 Å². The van der Waals surface area contributed by atoms with Crippen molar-refractivity contribution in [2.75, 3.05) is 20.3 Å². The molecule has 0 unspecified atom stereocenters. The molecule has 0 bridgehead atoms. The predicted octanol–water partition coefficient (Wildman–Crippen LogP) is 7.82. The predicted molar refractivity (Wildman–Crippen MR) is 171 cm³/mol. The van der Waals surface area contributed by atoms with Crippen LogP contribution in [-0.2, 0) is 23.5 Å². The van der Waals surface area contributed by atoms with Gasteiger partial charge in [-0.1, -0.05) is 72.8 Å². The van der Waals surface area contributed by atoms with Gasteiger partial charge in [-0.15, -0.1) is 0 Å². The van der Waals surface area contributed by atoms with E-state index in [9.17, 15) is 0 Å². The number of rotatable bonds is 10. The highest BCUT2D eigenvalue weighted by atomic mass is 19.1. The highest BCUT2D eigenvalue weighted by Gasteiger charge is 2.40. The lowest BCUT2D eigenvalue weighted by Gasteiger charge is -2.41. The van der Waals surface area contributed by atoms with E-state index in [1.807, 2.05) is 91.0 Å². The summed E-state index contributed by atoms with van der Waals surface area (Å²) >= 11 is 0. The van der Waals surface area contributed by atoms with Crippen LogP contribution in [0.25, 0.3) is 33.7 Å². The van der Waals surface area contributed by atoms with Crippen LogP contribution >= 0.6 is 0 Å². The van der Waals surface area contributed by atoms with Crippen molar-refractivity contribution in [3.05, 3.63) is 126 Å². The number of aromatic nitrogens is 3. The molecule has 0 saturated carbocycles. The lowest BCUT2D eigenvalue weighted by molar-refractivity contribution is -0.0868. The minimum Gasteiger partial charge on any atom is -0.493 e. The zero-order valence-electron chi connectivity index (χ0n) is 25.1. The quantitative estimate of drug-likeness (QED) is 0.160. The number of hydrogen-bond acceptors (Lipinski definition) is 6. The van der Waals surface area contributed by atoms with E-state index in [1.54, 1.807) is 12.3 Å². The second kappa shape index (κ2) is 12.1. The Hall–Kier alpha value is -5.21. The molecule has 4 aromatic carbocycles. The number of fused-ring (bicyclic) bond motifs is 1. The van der Waals surface area contributed by atoms with Crippen LogP contribution in [0.3, 0.4) is 0 Å². The summed E-state index contributed by atoms with van der Waals surface area (Å²) in [5.41, 5.74) is 4.99. The molecule has 8 heteroatoms. The van der Waals surface area contributed by atoms with E-state index in [1.165, 1.54) is 7.11 Å². The standard InChI is InChI=1S/C37H32FN3O4/c1-37(23-43-24-37)41-31-19-27(29-15-9-10-18-39-29)16-17-30(31)40-36(41)28-20-32(42-2)34(44-21-25-11-5-3-6-12-25)35(33(28)38)45-22-26-13-7-4-8-14-26/h3-20H,21-24H2,1-2H3. The SMILES string of the molecule is COc1cc(-c2nc3ccc(-c4ccccn4)cc3n2C2(C)COC2)c(F)c(OCc2ccccc2)c1OCc1ccccc1. The summed E-state index contributed by atoms with van der Waals surface area (Å²) in [5, 5.41) is 0. The second-order valence-corrected chi connectivity index (χ2v) is 11.3. The average Bonchev–Trinajstić information content (AvgIpc) is 3.46. The Morgan fingerprint density at radius 3 is 2.09 bits per heavy atom. The van der Waals surface area contributed by atoms with Gasteiger partial charge in [0.05, 0.1) is 48.2 Å². The third-order valence-corrected chi connectivity index (χ3v) is 8.04. The van der Waals surface area contributed by atoms with Crippen molar-refractivity contribution in [3.63, 3.8) is 0 Å². The number of halogens is 1. The highest BCUT2D eigenvalue weighted by molar-refractivity contribution is 5.86. The summed E-state index contributed by atoms with van der Waals surface area (Å²) in [6.45, 7) is 3.37. The lowest BCUT2D eigenvalue weighted by Crippen LogP contribution is -2.49. The lowest BCUT2D eigenvalue weighted by atomic mass is 9.98. The molecule has 3 heterocycles. The van der Waals surface area contributed by atoms with Gasteiger partial charge >= 0.3 is 0 Å². The van der Waals surface area contributed by atoms with Crippen molar-refractivity contribution in [1.29, 1.82) is 0 Å². The van der Waals surface area contributed by atoms with Gasteiger partial charge in [0.2, 0.25) is 11.5 Å².